The van der Waals surface area contributed by atoms with E-state index in [-0.39, 0.29) is 6.04 Å². The molecule has 124 valence electrons. The molecule has 6 nitrogen and oxygen atoms in total. The zero-order valence-corrected chi connectivity index (χ0v) is 14.3. The van der Waals surface area contributed by atoms with Crippen molar-refractivity contribution in [1.82, 2.24) is 13.9 Å². The molecule has 1 saturated heterocycles. The number of hydrogen-bond donors (Lipinski definition) is 1. The fraction of sp³-hybridized carbons (Fsp3) is 0.600. The molecule has 0 radical (unpaired) electrons. The van der Waals surface area contributed by atoms with Crippen LogP contribution < -0.4 is 10.1 Å². The molecule has 1 atom stereocenters. The molecule has 1 heterocycles. The molecule has 1 aromatic carbocycles. The largest absolute Gasteiger partial charge is 0.497 e. The summed E-state index contributed by atoms with van der Waals surface area (Å²) < 4.78 is 34.0. The van der Waals surface area contributed by atoms with Gasteiger partial charge in [0, 0.05) is 32.7 Å². The first kappa shape index (κ1) is 17.2. The maximum absolute atomic E-state index is 12.9. The summed E-state index contributed by atoms with van der Waals surface area (Å²) in [6.07, 6.45) is 0. The van der Waals surface area contributed by atoms with Crippen molar-refractivity contribution in [3.05, 3.63) is 29.8 Å². The lowest BCUT2D eigenvalue weighted by Gasteiger charge is -2.38. The van der Waals surface area contributed by atoms with Crippen molar-refractivity contribution in [2.24, 2.45) is 0 Å². The SMILES string of the molecule is CCN(CC)S(=O)(=O)N1CCNC[C@H]1c1ccc(OC)cc1. The van der Waals surface area contributed by atoms with Crippen LogP contribution in [0.5, 0.6) is 5.75 Å². The molecule has 0 bridgehead atoms. The second kappa shape index (κ2) is 7.41. The van der Waals surface area contributed by atoms with Crippen LogP contribution in [0, 0.1) is 0 Å². The Morgan fingerprint density at radius 1 is 1.27 bits per heavy atom. The maximum Gasteiger partial charge on any atom is 0.282 e. The lowest BCUT2D eigenvalue weighted by molar-refractivity contribution is 0.249. The molecule has 0 amide bonds. The van der Waals surface area contributed by atoms with Gasteiger partial charge in [0.15, 0.2) is 0 Å². The molecule has 1 aliphatic heterocycles. The number of hydrogen-bond acceptors (Lipinski definition) is 4. The van der Waals surface area contributed by atoms with Gasteiger partial charge in [0.2, 0.25) is 0 Å². The molecule has 0 spiro atoms. The number of methoxy groups -OCH3 is 1. The summed E-state index contributed by atoms with van der Waals surface area (Å²) in [5.41, 5.74) is 0.976. The van der Waals surface area contributed by atoms with Gasteiger partial charge in [0.1, 0.15) is 5.75 Å². The van der Waals surface area contributed by atoms with Gasteiger partial charge in [-0.15, -0.1) is 0 Å². The topological polar surface area (TPSA) is 61.9 Å². The maximum atomic E-state index is 12.9. The molecule has 1 aliphatic rings. The predicted molar refractivity (Wildman–Crippen MR) is 87.2 cm³/mol. The number of nitrogens with one attached hydrogen (secondary N) is 1. The van der Waals surface area contributed by atoms with Crippen LogP contribution >= 0.6 is 0 Å². The zero-order valence-electron chi connectivity index (χ0n) is 13.4. The van der Waals surface area contributed by atoms with Gasteiger partial charge in [0.25, 0.3) is 10.2 Å². The first-order valence-electron chi connectivity index (χ1n) is 7.66. The summed E-state index contributed by atoms with van der Waals surface area (Å²) in [7, 11) is -1.82. The van der Waals surface area contributed by atoms with E-state index in [1.54, 1.807) is 11.4 Å². The van der Waals surface area contributed by atoms with Crippen molar-refractivity contribution in [3.8, 4) is 5.75 Å². The van der Waals surface area contributed by atoms with Crippen molar-refractivity contribution in [2.45, 2.75) is 19.9 Å². The lowest BCUT2D eigenvalue weighted by Crippen LogP contribution is -2.53. The van der Waals surface area contributed by atoms with Gasteiger partial charge in [-0.25, -0.2) is 0 Å². The smallest absolute Gasteiger partial charge is 0.282 e. The Morgan fingerprint density at radius 2 is 1.91 bits per heavy atom. The normalized spacial score (nSPS) is 20.3. The van der Waals surface area contributed by atoms with E-state index < -0.39 is 10.2 Å². The van der Waals surface area contributed by atoms with Gasteiger partial charge in [-0.05, 0) is 17.7 Å². The first-order valence-corrected chi connectivity index (χ1v) is 9.05. The van der Waals surface area contributed by atoms with Crippen molar-refractivity contribution in [1.29, 1.82) is 0 Å². The Morgan fingerprint density at radius 3 is 2.45 bits per heavy atom. The van der Waals surface area contributed by atoms with E-state index in [2.05, 4.69) is 5.32 Å². The van der Waals surface area contributed by atoms with Crippen LogP contribution in [0.3, 0.4) is 0 Å². The summed E-state index contributed by atoms with van der Waals surface area (Å²) >= 11 is 0. The Balaban J connectivity index is 2.31. The zero-order chi connectivity index (χ0) is 16.2. The van der Waals surface area contributed by atoms with E-state index in [0.29, 0.717) is 32.7 Å². The summed E-state index contributed by atoms with van der Waals surface area (Å²) in [4.78, 5) is 0. The van der Waals surface area contributed by atoms with E-state index in [1.807, 2.05) is 38.1 Å². The number of piperazine rings is 1. The number of ether oxygens (including phenoxy) is 1. The standard InChI is InChI=1S/C15H25N3O3S/c1-4-17(5-2)22(19,20)18-11-10-16-12-15(18)13-6-8-14(21-3)9-7-13/h6-9,15-16H,4-5,10-12H2,1-3H3/t15-/m0/s1. The first-order chi connectivity index (χ1) is 10.5. The van der Waals surface area contributed by atoms with Gasteiger partial charge in [-0.1, -0.05) is 26.0 Å². The monoisotopic (exact) mass is 327 g/mol. The third-order valence-corrected chi connectivity index (χ3v) is 6.22. The van der Waals surface area contributed by atoms with Crippen LogP contribution in [-0.4, -0.2) is 56.9 Å². The third kappa shape index (κ3) is 3.43. The van der Waals surface area contributed by atoms with Crippen molar-refractivity contribution in [3.63, 3.8) is 0 Å². The van der Waals surface area contributed by atoms with E-state index in [4.69, 9.17) is 4.74 Å². The minimum absolute atomic E-state index is 0.190. The van der Waals surface area contributed by atoms with E-state index in [0.717, 1.165) is 11.3 Å². The van der Waals surface area contributed by atoms with Gasteiger partial charge in [0.05, 0.1) is 13.2 Å². The van der Waals surface area contributed by atoms with Gasteiger partial charge in [-0.3, -0.25) is 0 Å². The molecule has 0 aliphatic carbocycles. The molecule has 22 heavy (non-hydrogen) atoms. The Bertz CT molecular complexity index is 570. The van der Waals surface area contributed by atoms with Gasteiger partial charge in [-0.2, -0.15) is 17.0 Å². The van der Waals surface area contributed by atoms with Gasteiger partial charge >= 0.3 is 0 Å². The molecule has 7 heteroatoms. The molecule has 1 fully saturated rings. The van der Waals surface area contributed by atoms with Crippen LogP contribution in [-0.2, 0) is 10.2 Å². The average molecular weight is 327 g/mol. The lowest BCUT2D eigenvalue weighted by atomic mass is 10.1. The van der Waals surface area contributed by atoms with Crippen LogP contribution in [0.2, 0.25) is 0 Å². The fourth-order valence-corrected chi connectivity index (χ4v) is 4.56. The highest BCUT2D eigenvalue weighted by Gasteiger charge is 2.36. The minimum Gasteiger partial charge on any atom is -0.497 e. The summed E-state index contributed by atoms with van der Waals surface area (Å²) in [6.45, 7) is 6.48. The number of benzene rings is 1. The van der Waals surface area contributed by atoms with E-state index >= 15 is 0 Å². The predicted octanol–water partition coefficient (Wildman–Crippen LogP) is 1.23. The molecule has 0 unspecified atom stereocenters. The van der Waals surface area contributed by atoms with E-state index in [9.17, 15) is 8.42 Å². The summed E-state index contributed by atoms with van der Waals surface area (Å²) in [5, 5.41) is 3.28. The van der Waals surface area contributed by atoms with Crippen LogP contribution in [0.25, 0.3) is 0 Å². The van der Waals surface area contributed by atoms with Gasteiger partial charge < -0.3 is 10.1 Å². The quantitative estimate of drug-likeness (QED) is 0.854. The summed E-state index contributed by atoms with van der Waals surface area (Å²) in [5.74, 6) is 0.769. The van der Waals surface area contributed by atoms with Crippen LogP contribution in [0.15, 0.2) is 24.3 Å². The van der Waals surface area contributed by atoms with Crippen LogP contribution in [0.4, 0.5) is 0 Å². The minimum atomic E-state index is -3.44. The van der Waals surface area contributed by atoms with Crippen molar-refractivity contribution >= 4 is 10.2 Å². The Kier molecular flexibility index (Phi) is 5.80. The second-order valence-corrected chi connectivity index (χ2v) is 7.08. The molecular formula is C15H25N3O3S. The molecular weight excluding hydrogens is 302 g/mol. The summed E-state index contributed by atoms with van der Waals surface area (Å²) in [6, 6.07) is 7.41. The fourth-order valence-electron chi connectivity index (χ4n) is 2.77. The van der Waals surface area contributed by atoms with E-state index in [1.165, 1.54) is 4.31 Å². The molecule has 0 aromatic heterocycles. The Labute approximate surface area is 133 Å². The van der Waals surface area contributed by atoms with Crippen molar-refractivity contribution < 1.29 is 13.2 Å². The Hall–Kier alpha value is -1.15. The van der Waals surface area contributed by atoms with Crippen molar-refractivity contribution in [2.75, 3.05) is 39.8 Å². The number of nitrogens with zero attached hydrogens (tertiary/aromatic N) is 2. The molecule has 2 rings (SSSR count). The average Bonchev–Trinajstić information content (AvgIpc) is 2.56. The molecule has 0 saturated carbocycles. The highest BCUT2D eigenvalue weighted by Crippen LogP contribution is 2.28. The highest BCUT2D eigenvalue weighted by atomic mass is 32.2. The second-order valence-electron chi connectivity index (χ2n) is 5.20. The molecule has 1 N–H and O–H groups in total. The third-order valence-electron chi connectivity index (χ3n) is 4.02. The number of rotatable bonds is 6. The molecule has 1 aromatic rings. The highest BCUT2D eigenvalue weighted by molar-refractivity contribution is 7.86. The van der Waals surface area contributed by atoms with Crippen LogP contribution in [0.1, 0.15) is 25.5 Å².